The van der Waals surface area contributed by atoms with E-state index in [1.807, 2.05) is 18.2 Å². The molecule has 1 heterocycles. The molecule has 0 amide bonds. The third-order valence-corrected chi connectivity index (χ3v) is 4.22. The minimum atomic E-state index is -0.0780. The van der Waals surface area contributed by atoms with E-state index in [2.05, 4.69) is 18.9 Å². The number of nitrogens with zero attached hydrogens (tertiary/aromatic N) is 2. The van der Waals surface area contributed by atoms with Gasteiger partial charge in [-0.15, -0.1) is 0 Å². The Kier molecular flexibility index (Phi) is 6.37. The molecule has 6 nitrogen and oxygen atoms in total. The molecule has 24 heavy (non-hydrogen) atoms. The first-order valence-electron chi connectivity index (χ1n) is 8.27. The first-order chi connectivity index (χ1) is 11.6. The van der Waals surface area contributed by atoms with Crippen LogP contribution in [0.3, 0.4) is 0 Å². The van der Waals surface area contributed by atoms with Gasteiger partial charge in [-0.05, 0) is 38.1 Å². The Morgan fingerprint density at radius 1 is 1.04 bits per heavy atom. The third-order valence-electron chi connectivity index (χ3n) is 4.22. The van der Waals surface area contributed by atoms with Crippen LogP contribution in [-0.4, -0.2) is 43.6 Å². The highest BCUT2D eigenvalue weighted by Crippen LogP contribution is 2.31. The van der Waals surface area contributed by atoms with Crippen molar-refractivity contribution in [2.24, 2.45) is 0 Å². The number of benzene rings is 1. The van der Waals surface area contributed by atoms with Gasteiger partial charge in [-0.2, -0.15) is 5.10 Å². The Labute approximate surface area is 142 Å². The first-order valence-corrected chi connectivity index (χ1v) is 8.27. The lowest BCUT2D eigenvalue weighted by molar-refractivity contribution is -0.897. The number of quaternary nitrogens is 1. The molecule has 0 fully saturated rings. The topological polar surface area (TPSA) is 57.8 Å². The maximum Gasteiger partial charge on any atom is 0.266 e. The van der Waals surface area contributed by atoms with Gasteiger partial charge >= 0.3 is 0 Å². The second-order valence-electron chi connectivity index (χ2n) is 5.56. The zero-order valence-electron chi connectivity index (χ0n) is 14.8. The Balaban J connectivity index is 2.29. The lowest BCUT2D eigenvalue weighted by Crippen LogP contribution is -3.11. The molecule has 1 N–H and O–H groups in total. The number of hydrogen-bond acceptors (Lipinski definition) is 4. The van der Waals surface area contributed by atoms with Crippen molar-refractivity contribution in [3.8, 4) is 22.8 Å². The third kappa shape index (κ3) is 4.14. The standard InChI is InChI=1S/C18H25N3O3/c1-5-20(6-2)11-12-21-18(22)10-8-15(19-21)14-7-9-16(23-3)17(13-14)24-4/h7-10,13H,5-6,11-12H2,1-4H3/p+1. The summed E-state index contributed by atoms with van der Waals surface area (Å²) in [7, 11) is 3.20. The number of methoxy groups -OCH3 is 2. The lowest BCUT2D eigenvalue weighted by Gasteiger charge is -2.16. The second-order valence-corrected chi connectivity index (χ2v) is 5.56. The van der Waals surface area contributed by atoms with Gasteiger partial charge in [-0.3, -0.25) is 4.79 Å². The Morgan fingerprint density at radius 3 is 2.38 bits per heavy atom. The molecule has 0 saturated carbocycles. The molecule has 2 aromatic rings. The van der Waals surface area contributed by atoms with Crippen LogP contribution in [0.2, 0.25) is 0 Å². The van der Waals surface area contributed by atoms with Crippen molar-refractivity contribution in [2.75, 3.05) is 33.9 Å². The first kappa shape index (κ1) is 18.0. The van der Waals surface area contributed by atoms with Crippen molar-refractivity contribution < 1.29 is 14.4 Å². The monoisotopic (exact) mass is 332 g/mol. The Morgan fingerprint density at radius 2 is 1.75 bits per heavy atom. The molecule has 1 aromatic heterocycles. The van der Waals surface area contributed by atoms with E-state index >= 15 is 0 Å². The van der Waals surface area contributed by atoms with Crippen molar-refractivity contribution in [3.63, 3.8) is 0 Å². The SMILES string of the molecule is CC[NH+](CC)CCn1nc(-c2ccc(OC)c(OC)c2)ccc1=O. The summed E-state index contributed by atoms with van der Waals surface area (Å²) in [6, 6.07) is 8.92. The fourth-order valence-electron chi connectivity index (χ4n) is 2.63. The number of rotatable bonds is 8. The molecule has 1 aromatic carbocycles. The molecule has 0 spiro atoms. The number of hydrogen-bond donors (Lipinski definition) is 1. The van der Waals surface area contributed by atoms with Gasteiger partial charge in [0.05, 0.1) is 46.1 Å². The average Bonchev–Trinajstić information content (AvgIpc) is 2.63. The molecule has 0 saturated heterocycles. The lowest BCUT2D eigenvalue weighted by atomic mass is 10.1. The predicted molar refractivity (Wildman–Crippen MR) is 93.9 cm³/mol. The summed E-state index contributed by atoms with van der Waals surface area (Å²) in [5, 5.41) is 4.51. The zero-order valence-corrected chi connectivity index (χ0v) is 14.8. The highest BCUT2D eigenvalue weighted by Gasteiger charge is 2.10. The zero-order chi connectivity index (χ0) is 17.5. The fourth-order valence-corrected chi connectivity index (χ4v) is 2.63. The van der Waals surface area contributed by atoms with Gasteiger partial charge in [0.25, 0.3) is 5.56 Å². The molecule has 0 unspecified atom stereocenters. The summed E-state index contributed by atoms with van der Waals surface area (Å²) in [4.78, 5) is 13.5. The summed E-state index contributed by atoms with van der Waals surface area (Å²) >= 11 is 0. The van der Waals surface area contributed by atoms with Crippen LogP contribution in [0.4, 0.5) is 0 Å². The number of ether oxygens (including phenoxy) is 2. The number of aromatic nitrogens is 2. The van der Waals surface area contributed by atoms with Crippen molar-refractivity contribution in [1.29, 1.82) is 0 Å². The van der Waals surface area contributed by atoms with Crippen molar-refractivity contribution in [3.05, 3.63) is 40.7 Å². The van der Waals surface area contributed by atoms with Gasteiger partial charge in [0, 0.05) is 11.6 Å². The Bertz CT molecular complexity index is 724. The van der Waals surface area contributed by atoms with E-state index < -0.39 is 0 Å². The van der Waals surface area contributed by atoms with E-state index in [4.69, 9.17) is 9.47 Å². The van der Waals surface area contributed by atoms with E-state index in [1.54, 1.807) is 26.4 Å². The minimum Gasteiger partial charge on any atom is -0.493 e. The van der Waals surface area contributed by atoms with E-state index in [1.165, 1.54) is 9.58 Å². The second kappa shape index (κ2) is 8.49. The van der Waals surface area contributed by atoms with Crippen molar-refractivity contribution in [1.82, 2.24) is 9.78 Å². The molecular formula is C18H26N3O3+. The average molecular weight is 332 g/mol. The molecule has 0 aliphatic heterocycles. The van der Waals surface area contributed by atoms with Crippen LogP contribution < -0.4 is 19.9 Å². The van der Waals surface area contributed by atoms with E-state index in [-0.39, 0.29) is 5.56 Å². The van der Waals surface area contributed by atoms with Crippen LogP contribution in [0.1, 0.15) is 13.8 Å². The van der Waals surface area contributed by atoms with Crippen LogP contribution in [0.5, 0.6) is 11.5 Å². The molecule has 0 bridgehead atoms. The molecule has 0 aliphatic rings. The van der Waals surface area contributed by atoms with Gasteiger partial charge in [-0.1, -0.05) is 0 Å². The predicted octanol–water partition coefficient (Wildman–Crippen LogP) is 0.852. The van der Waals surface area contributed by atoms with E-state index in [0.29, 0.717) is 18.0 Å². The normalized spacial score (nSPS) is 10.9. The minimum absolute atomic E-state index is 0.0780. The smallest absolute Gasteiger partial charge is 0.266 e. The van der Waals surface area contributed by atoms with Gasteiger partial charge < -0.3 is 14.4 Å². The molecule has 6 heteroatoms. The van der Waals surface area contributed by atoms with E-state index in [0.717, 1.165) is 30.9 Å². The highest BCUT2D eigenvalue weighted by atomic mass is 16.5. The maximum absolute atomic E-state index is 12.1. The van der Waals surface area contributed by atoms with Crippen LogP contribution in [0, 0.1) is 0 Å². The summed E-state index contributed by atoms with van der Waals surface area (Å²) < 4.78 is 12.1. The fraction of sp³-hybridized carbons (Fsp3) is 0.444. The summed E-state index contributed by atoms with van der Waals surface area (Å²) in [6.45, 7) is 7.87. The molecule has 0 radical (unpaired) electrons. The molecule has 2 rings (SSSR count). The summed E-state index contributed by atoms with van der Waals surface area (Å²) in [5.74, 6) is 1.31. The van der Waals surface area contributed by atoms with Crippen LogP contribution in [-0.2, 0) is 6.54 Å². The van der Waals surface area contributed by atoms with Gasteiger partial charge in [0.2, 0.25) is 0 Å². The summed E-state index contributed by atoms with van der Waals surface area (Å²) in [5.41, 5.74) is 1.55. The number of likely N-dealkylation sites (N-methyl/N-ethyl adjacent to an activating group) is 1. The molecular weight excluding hydrogens is 306 g/mol. The van der Waals surface area contributed by atoms with Crippen molar-refractivity contribution in [2.45, 2.75) is 20.4 Å². The van der Waals surface area contributed by atoms with Gasteiger partial charge in [0.1, 0.15) is 0 Å². The van der Waals surface area contributed by atoms with Gasteiger partial charge in [0.15, 0.2) is 11.5 Å². The largest absolute Gasteiger partial charge is 0.493 e. The van der Waals surface area contributed by atoms with E-state index in [9.17, 15) is 4.79 Å². The van der Waals surface area contributed by atoms with Crippen LogP contribution in [0.15, 0.2) is 35.1 Å². The molecule has 0 atom stereocenters. The maximum atomic E-state index is 12.1. The summed E-state index contributed by atoms with van der Waals surface area (Å²) in [6.07, 6.45) is 0. The quantitative estimate of drug-likeness (QED) is 0.779. The van der Waals surface area contributed by atoms with Crippen LogP contribution in [0.25, 0.3) is 11.3 Å². The highest BCUT2D eigenvalue weighted by molar-refractivity contribution is 5.63. The number of nitrogens with one attached hydrogen (secondary N) is 1. The molecule has 0 aliphatic carbocycles. The molecule has 130 valence electrons. The van der Waals surface area contributed by atoms with Gasteiger partial charge in [-0.25, -0.2) is 4.68 Å². The van der Waals surface area contributed by atoms with Crippen molar-refractivity contribution >= 4 is 0 Å². The Hall–Kier alpha value is -2.34. The van der Waals surface area contributed by atoms with Crippen LogP contribution >= 0.6 is 0 Å².